The van der Waals surface area contributed by atoms with Gasteiger partial charge in [-0.1, -0.05) is 26.0 Å². The molecule has 1 aliphatic heterocycles. The molecule has 1 aliphatic rings. The van der Waals surface area contributed by atoms with E-state index in [9.17, 15) is 9.59 Å². The smallest absolute Gasteiger partial charge is 0.309 e. The molecule has 0 radical (unpaired) electrons. The first kappa shape index (κ1) is 25.1. The molecule has 0 bridgehead atoms. The van der Waals surface area contributed by atoms with Crippen LogP contribution >= 0.6 is 0 Å². The maximum atomic E-state index is 12.4. The van der Waals surface area contributed by atoms with E-state index in [2.05, 4.69) is 75.4 Å². The maximum Gasteiger partial charge on any atom is 0.309 e. The summed E-state index contributed by atoms with van der Waals surface area (Å²) < 4.78 is 0. The van der Waals surface area contributed by atoms with Gasteiger partial charge in [-0.05, 0) is 37.8 Å². The van der Waals surface area contributed by atoms with Crippen molar-refractivity contribution in [2.75, 3.05) is 84.9 Å². The minimum absolute atomic E-state index is 0.0392. The molecule has 2 rings (SSSR count). The minimum Gasteiger partial charge on any atom is -0.378 e. The SMILES string of the molecule is CCN(CC)CCNC(=O)C(=O)NCC(c1ccc(N(C)C)cc1)N1CCN(C)CC1. The van der Waals surface area contributed by atoms with Gasteiger partial charge in [0.05, 0.1) is 6.04 Å². The summed E-state index contributed by atoms with van der Waals surface area (Å²) >= 11 is 0. The van der Waals surface area contributed by atoms with Crippen molar-refractivity contribution in [3.05, 3.63) is 29.8 Å². The molecule has 174 valence electrons. The van der Waals surface area contributed by atoms with Crippen molar-refractivity contribution in [1.29, 1.82) is 0 Å². The normalized spacial score (nSPS) is 16.2. The minimum atomic E-state index is -0.566. The summed E-state index contributed by atoms with van der Waals surface area (Å²) in [6.45, 7) is 11.5. The van der Waals surface area contributed by atoms with Crippen LogP contribution in [-0.4, -0.2) is 107 Å². The highest BCUT2D eigenvalue weighted by atomic mass is 16.2. The molecular formula is C23H40N6O2. The Bertz CT molecular complexity index is 682. The van der Waals surface area contributed by atoms with Crippen molar-refractivity contribution in [3.63, 3.8) is 0 Å². The summed E-state index contributed by atoms with van der Waals surface area (Å²) in [6.07, 6.45) is 0. The van der Waals surface area contributed by atoms with Crippen LogP contribution < -0.4 is 15.5 Å². The standard InChI is InChI=1S/C23H40N6O2/c1-6-28(7-2)13-12-24-22(30)23(31)25-18-21(29-16-14-27(5)15-17-29)19-8-10-20(11-9-19)26(3)4/h8-11,21H,6-7,12-18H2,1-5H3,(H,24,30)(H,25,31). The van der Waals surface area contributed by atoms with Gasteiger partial charge in [-0.2, -0.15) is 0 Å². The number of anilines is 1. The van der Waals surface area contributed by atoms with Crippen molar-refractivity contribution < 1.29 is 9.59 Å². The van der Waals surface area contributed by atoms with Gasteiger partial charge >= 0.3 is 11.8 Å². The van der Waals surface area contributed by atoms with Crippen LogP contribution in [0.15, 0.2) is 24.3 Å². The van der Waals surface area contributed by atoms with Crippen molar-refractivity contribution in [1.82, 2.24) is 25.3 Å². The molecular weight excluding hydrogens is 392 g/mol. The molecule has 0 saturated carbocycles. The Morgan fingerprint density at radius 1 is 0.968 bits per heavy atom. The number of rotatable bonds is 10. The number of likely N-dealkylation sites (N-methyl/N-ethyl adjacent to an activating group) is 2. The van der Waals surface area contributed by atoms with Gasteiger partial charge < -0.3 is 25.3 Å². The zero-order valence-electron chi connectivity index (χ0n) is 19.9. The van der Waals surface area contributed by atoms with Crippen LogP contribution in [0.4, 0.5) is 5.69 Å². The van der Waals surface area contributed by atoms with Gasteiger partial charge in [-0.15, -0.1) is 0 Å². The second-order valence-corrected chi connectivity index (χ2v) is 8.33. The van der Waals surface area contributed by atoms with Crippen LogP contribution in [0.25, 0.3) is 0 Å². The fourth-order valence-corrected chi connectivity index (χ4v) is 3.80. The lowest BCUT2D eigenvalue weighted by molar-refractivity contribution is -0.139. The van der Waals surface area contributed by atoms with E-state index in [4.69, 9.17) is 0 Å². The first-order valence-electron chi connectivity index (χ1n) is 11.3. The highest BCUT2D eigenvalue weighted by Gasteiger charge is 2.25. The van der Waals surface area contributed by atoms with Crippen molar-refractivity contribution in [2.24, 2.45) is 0 Å². The zero-order chi connectivity index (χ0) is 22.8. The number of hydrogen-bond donors (Lipinski definition) is 2. The second-order valence-electron chi connectivity index (χ2n) is 8.33. The number of hydrogen-bond acceptors (Lipinski definition) is 6. The average molecular weight is 433 g/mol. The molecule has 1 aromatic carbocycles. The molecule has 2 amide bonds. The van der Waals surface area contributed by atoms with Crippen LogP contribution in [0.2, 0.25) is 0 Å². The van der Waals surface area contributed by atoms with E-state index >= 15 is 0 Å². The molecule has 0 spiro atoms. The molecule has 1 saturated heterocycles. The van der Waals surface area contributed by atoms with Crippen LogP contribution in [-0.2, 0) is 9.59 Å². The van der Waals surface area contributed by atoms with Crippen molar-refractivity contribution in [3.8, 4) is 0 Å². The summed E-state index contributed by atoms with van der Waals surface area (Å²) in [6, 6.07) is 8.47. The number of piperazine rings is 1. The van der Waals surface area contributed by atoms with Crippen molar-refractivity contribution >= 4 is 17.5 Å². The monoisotopic (exact) mass is 432 g/mol. The summed E-state index contributed by atoms with van der Waals surface area (Å²) in [7, 11) is 6.17. The molecule has 0 aromatic heterocycles. The molecule has 31 heavy (non-hydrogen) atoms. The van der Waals surface area contributed by atoms with Crippen LogP contribution in [0.1, 0.15) is 25.5 Å². The zero-order valence-corrected chi connectivity index (χ0v) is 19.9. The Balaban J connectivity index is 1.97. The largest absolute Gasteiger partial charge is 0.378 e. The summed E-state index contributed by atoms with van der Waals surface area (Å²) in [5.41, 5.74) is 2.29. The number of nitrogens with one attached hydrogen (secondary N) is 2. The third-order valence-electron chi connectivity index (χ3n) is 6.04. The molecule has 1 heterocycles. The summed E-state index contributed by atoms with van der Waals surface area (Å²) in [5.74, 6) is -1.13. The number of carbonyl (C=O) groups is 2. The molecule has 2 N–H and O–H groups in total. The fraction of sp³-hybridized carbons (Fsp3) is 0.652. The van der Waals surface area contributed by atoms with E-state index in [0.29, 0.717) is 13.1 Å². The summed E-state index contributed by atoms with van der Waals surface area (Å²) in [5, 5.41) is 5.59. The summed E-state index contributed by atoms with van der Waals surface area (Å²) in [4.78, 5) is 33.6. The Morgan fingerprint density at radius 2 is 1.55 bits per heavy atom. The predicted molar refractivity (Wildman–Crippen MR) is 126 cm³/mol. The third-order valence-corrected chi connectivity index (χ3v) is 6.04. The Morgan fingerprint density at radius 3 is 2.10 bits per heavy atom. The quantitative estimate of drug-likeness (QED) is 0.528. The third kappa shape index (κ3) is 7.79. The lowest BCUT2D eigenvalue weighted by Crippen LogP contribution is -2.50. The van der Waals surface area contributed by atoms with E-state index in [-0.39, 0.29) is 6.04 Å². The van der Waals surface area contributed by atoms with E-state index in [1.165, 1.54) is 0 Å². The number of amides is 2. The topological polar surface area (TPSA) is 71.2 Å². The average Bonchev–Trinajstić information content (AvgIpc) is 2.78. The van der Waals surface area contributed by atoms with Gasteiger partial charge in [0.1, 0.15) is 0 Å². The van der Waals surface area contributed by atoms with Crippen molar-refractivity contribution in [2.45, 2.75) is 19.9 Å². The predicted octanol–water partition coefficient (Wildman–Crippen LogP) is 0.615. The molecule has 1 aromatic rings. The van der Waals surface area contributed by atoms with Gasteiger partial charge in [0.2, 0.25) is 0 Å². The van der Waals surface area contributed by atoms with Gasteiger partial charge in [0.15, 0.2) is 0 Å². The molecule has 1 fully saturated rings. The second kappa shape index (κ2) is 12.6. The Kier molecular flexibility index (Phi) is 10.2. The highest BCUT2D eigenvalue weighted by Crippen LogP contribution is 2.24. The van der Waals surface area contributed by atoms with E-state index in [1.807, 2.05) is 14.1 Å². The lowest BCUT2D eigenvalue weighted by atomic mass is 10.0. The van der Waals surface area contributed by atoms with Gasteiger partial charge in [-0.25, -0.2) is 0 Å². The maximum absolute atomic E-state index is 12.4. The van der Waals surface area contributed by atoms with Gasteiger partial charge in [-0.3, -0.25) is 14.5 Å². The molecule has 8 heteroatoms. The first-order chi connectivity index (χ1) is 14.8. The van der Waals surface area contributed by atoms with E-state index in [0.717, 1.165) is 57.1 Å². The van der Waals surface area contributed by atoms with Crippen LogP contribution in [0, 0.1) is 0 Å². The number of benzene rings is 1. The molecule has 1 unspecified atom stereocenters. The van der Waals surface area contributed by atoms with E-state index in [1.54, 1.807) is 0 Å². The van der Waals surface area contributed by atoms with E-state index < -0.39 is 11.8 Å². The van der Waals surface area contributed by atoms with Crippen LogP contribution in [0.3, 0.4) is 0 Å². The number of nitrogens with zero attached hydrogens (tertiary/aromatic N) is 4. The highest BCUT2D eigenvalue weighted by molar-refractivity contribution is 6.35. The first-order valence-corrected chi connectivity index (χ1v) is 11.3. The van der Waals surface area contributed by atoms with Gasteiger partial charge in [0.25, 0.3) is 0 Å². The Labute approximate surface area is 187 Å². The number of carbonyl (C=O) groups excluding carboxylic acids is 2. The fourth-order valence-electron chi connectivity index (χ4n) is 3.80. The molecule has 0 aliphatic carbocycles. The molecule has 8 nitrogen and oxygen atoms in total. The Hall–Kier alpha value is -2.16. The van der Waals surface area contributed by atoms with Gasteiger partial charge in [0, 0.05) is 65.6 Å². The van der Waals surface area contributed by atoms with Crippen LogP contribution in [0.5, 0.6) is 0 Å². The lowest BCUT2D eigenvalue weighted by Gasteiger charge is -2.38. The molecule has 1 atom stereocenters.